The van der Waals surface area contributed by atoms with Gasteiger partial charge in [-0.15, -0.1) is 0 Å². The number of nitrogens with zero attached hydrogens (tertiary/aromatic N) is 2. The van der Waals surface area contributed by atoms with E-state index in [0.717, 1.165) is 11.1 Å². The van der Waals surface area contributed by atoms with Gasteiger partial charge in [-0.3, -0.25) is 38.6 Å². The smallest absolute Gasteiger partial charge is 0.325 e. The van der Waals surface area contributed by atoms with Crippen LogP contribution in [-0.2, 0) is 41.9 Å². The number of hydrogen-bond donors (Lipinski definition) is 7. The maximum atomic E-state index is 11.6. The number of carbonyl (C=O) groups is 6. The van der Waals surface area contributed by atoms with Gasteiger partial charge in [0.25, 0.3) is 0 Å². The van der Waals surface area contributed by atoms with Gasteiger partial charge in [-0.05, 0) is 31.4 Å². The van der Waals surface area contributed by atoms with Crippen LogP contribution in [0.3, 0.4) is 0 Å². The fourth-order valence-electron chi connectivity index (χ4n) is 3.97. The van der Waals surface area contributed by atoms with Gasteiger partial charge < -0.3 is 36.8 Å². The second-order valence-electron chi connectivity index (χ2n) is 10.5. The Hall–Kier alpha value is -4.86. The van der Waals surface area contributed by atoms with Crippen LogP contribution in [0, 0.1) is 0 Å². The molecular formula is C31H43N5O10. The molecule has 0 radical (unpaired) electrons. The third-order valence-corrected chi connectivity index (χ3v) is 6.44. The van der Waals surface area contributed by atoms with Crippen LogP contribution in [0.1, 0.15) is 37.8 Å². The highest BCUT2D eigenvalue weighted by Gasteiger charge is 2.23. The molecule has 0 fully saturated rings. The molecule has 0 aliphatic heterocycles. The van der Waals surface area contributed by atoms with Crippen LogP contribution in [-0.4, -0.2) is 110 Å². The highest BCUT2D eigenvalue weighted by Crippen LogP contribution is 2.08. The molecule has 0 heterocycles. The summed E-state index contributed by atoms with van der Waals surface area (Å²) < 4.78 is 0. The highest BCUT2D eigenvalue weighted by molar-refractivity contribution is 5.91. The Morgan fingerprint density at radius 3 is 1.43 bits per heavy atom. The zero-order valence-electron chi connectivity index (χ0n) is 25.9. The van der Waals surface area contributed by atoms with Gasteiger partial charge in [0.2, 0.25) is 11.8 Å². The third kappa shape index (κ3) is 17.4. The van der Waals surface area contributed by atoms with Crippen molar-refractivity contribution in [2.45, 2.75) is 57.9 Å². The number of aliphatic carboxylic acids is 4. The Morgan fingerprint density at radius 1 is 0.652 bits per heavy atom. The largest absolute Gasteiger partial charge is 0.481 e. The summed E-state index contributed by atoms with van der Waals surface area (Å²) in [5, 5.41) is 39.9. The van der Waals surface area contributed by atoms with Crippen molar-refractivity contribution in [1.29, 1.82) is 0 Å². The number of hydrogen-bond acceptors (Lipinski definition) is 9. The fourth-order valence-corrected chi connectivity index (χ4v) is 3.97. The molecule has 15 nitrogen and oxygen atoms in total. The lowest BCUT2D eigenvalue weighted by Crippen LogP contribution is -2.52. The van der Waals surface area contributed by atoms with Crippen LogP contribution in [0.15, 0.2) is 60.7 Å². The van der Waals surface area contributed by atoms with Crippen LogP contribution in [0.25, 0.3) is 0 Å². The minimum Gasteiger partial charge on any atom is -0.481 e. The first-order valence-electron chi connectivity index (χ1n) is 14.4. The summed E-state index contributed by atoms with van der Waals surface area (Å²) in [6, 6.07) is 16.2. The van der Waals surface area contributed by atoms with E-state index >= 15 is 0 Å². The van der Waals surface area contributed by atoms with E-state index in [-0.39, 0.29) is 25.9 Å². The average molecular weight is 646 g/mol. The summed E-state index contributed by atoms with van der Waals surface area (Å²) in [4.78, 5) is 70.0. The lowest BCUT2D eigenvalue weighted by Gasteiger charge is -2.26. The Balaban J connectivity index is 0.000000479. The zero-order valence-corrected chi connectivity index (χ0v) is 25.9. The SMILES string of the molecule is C[C@H](NC(=O)[C@H](C)NC(=O)[C@@H](N)CCC(=O)O)C(=O)O.O=C(O)CN(CCN(CC(=O)O)Cc1ccccc1)Cc1ccccc1. The van der Waals surface area contributed by atoms with Gasteiger partial charge in [0.05, 0.1) is 19.1 Å². The van der Waals surface area contributed by atoms with E-state index in [1.807, 2.05) is 70.5 Å². The minimum atomic E-state index is -1.20. The second-order valence-corrected chi connectivity index (χ2v) is 10.5. The summed E-state index contributed by atoms with van der Waals surface area (Å²) in [6.45, 7) is 4.46. The number of benzene rings is 2. The van der Waals surface area contributed by atoms with Crippen LogP contribution in [0.4, 0.5) is 0 Å². The molecule has 8 N–H and O–H groups in total. The van der Waals surface area contributed by atoms with Crippen molar-refractivity contribution in [2.75, 3.05) is 26.2 Å². The number of rotatable bonds is 19. The predicted molar refractivity (Wildman–Crippen MR) is 166 cm³/mol. The van der Waals surface area contributed by atoms with Crippen molar-refractivity contribution in [3.63, 3.8) is 0 Å². The molecule has 0 aliphatic rings. The summed E-state index contributed by atoms with van der Waals surface area (Å²) in [7, 11) is 0. The van der Waals surface area contributed by atoms with Gasteiger partial charge in [-0.2, -0.15) is 0 Å². The standard InChI is InChI=1S/C20H24N2O4.C11H19N3O6/c23-19(24)15-21(13-17-7-3-1-4-8-17)11-12-22(16-20(25)26)14-18-9-5-2-6-10-18;1-5(9(17)14-6(2)11(19)20)13-10(18)7(12)3-4-8(15)16/h1-10H,11-16H2,(H,23,24)(H,25,26);5-7H,3-4,12H2,1-2H3,(H,13,18)(H,14,17)(H,15,16)(H,19,20)/t;5-,6-,7-/m.0/s1. The number of carbonyl (C=O) groups excluding carboxylic acids is 2. The number of amides is 2. The van der Waals surface area contributed by atoms with Gasteiger partial charge in [0.1, 0.15) is 12.1 Å². The van der Waals surface area contributed by atoms with E-state index in [0.29, 0.717) is 26.2 Å². The number of nitrogens with one attached hydrogen (secondary N) is 2. The van der Waals surface area contributed by atoms with E-state index in [4.69, 9.17) is 26.2 Å². The molecule has 3 atom stereocenters. The van der Waals surface area contributed by atoms with Gasteiger partial charge in [0.15, 0.2) is 0 Å². The maximum absolute atomic E-state index is 11.6. The first-order valence-corrected chi connectivity index (χ1v) is 14.4. The topological polar surface area (TPSA) is 240 Å². The van der Waals surface area contributed by atoms with Gasteiger partial charge in [-0.25, -0.2) is 0 Å². The quantitative estimate of drug-likeness (QED) is 0.110. The van der Waals surface area contributed by atoms with Crippen LogP contribution < -0.4 is 16.4 Å². The molecule has 0 spiro atoms. The monoisotopic (exact) mass is 645 g/mol. The van der Waals surface area contributed by atoms with Crippen LogP contribution in [0.5, 0.6) is 0 Å². The molecule has 2 amide bonds. The van der Waals surface area contributed by atoms with E-state index in [2.05, 4.69) is 10.6 Å². The normalized spacial score (nSPS) is 12.6. The molecule has 2 aromatic carbocycles. The molecule has 0 bridgehead atoms. The van der Waals surface area contributed by atoms with Crippen LogP contribution in [0.2, 0.25) is 0 Å². The molecule has 0 saturated heterocycles. The van der Waals surface area contributed by atoms with Crippen molar-refractivity contribution < 1.29 is 49.2 Å². The third-order valence-electron chi connectivity index (χ3n) is 6.44. The first-order chi connectivity index (χ1) is 21.7. The molecule has 0 aliphatic carbocycles. The van der Waals surface area contributed by atoms with E-state index in [9.17, 15) is 28.8 Å². The number of nitrogens with two attached hydrogens (primary N) is 1. The highest BCUT2D eigenvalue weighted by atomic mass is 16.4. The Labute approximate surface area is 267 Å². The van der Waals surface area contributed by atoms with Gasteiger partial charge in [-0.1, -0.05) is 60.7 Å². The summed E-state index contributed by atoms with van der Waals surface area (Å²) in [6.07, 6.45) is -0.313. The fraction of sp³-hybridized carbons (Fsp3) is 0.419. The van der Waals surface area contributed by atoms with Gasteiger partial charge in [0, 0.05) is 32.6 Å². The molecule has 0 aromatic heterocycles. The van der Waals surface area contributed by atoms with Crippen molar-refractivity contribution in [3.05, 3.63) is 71.8 Å². The molecule has 2 rings (SSSR count). The van der Waals surface area contributed by atoms with Crippen molar-refractivity contribution in [2.24, 2.45) is 5.73 Å². The number of carboxylic acids is 4. The van der Waals surface area contributed by atoms with Gasteiger partial charge >= 0.3 is 23.9 Å². The van der Waals surface area contributed by atoms with Crippen molar-refractivity contribution >= 4 is 35.7 Å². The summed E-state index contributed by atoms with van der Waals surface area (Å²) >= 11 is 0. The van der Waals surface area contributed by atoms with E-state index in [1.54, 1.807) is 0 Å². The predicted octanol–water partition coefficient (Wildman–Crippen LogP) is 0.433. The lowest BCUT2D eigenvalue weighted by molar-refractivity contribution is -0.141. The lowest BCUT2D eigenvalue weighted by atomic mass is 10.1. The van der Waals surface area contributed by atoms with Crippen molar-refractivity contribution in [1.82, 2.24) is 20.4 Å². The molecule has 2 aromatic rings. The molecule has 46 heavy (non-hydrogen) atoms. The van der Waals surface area contributed by atoms with Crippen LogP contribution >= 0.6 is 0 Å². The Bertz CT molecular complexity index is 1220. The van der Waals surface area contributed by atoms with Crippen molar-refractivity contribution in [3.8, 4) is 0 Å². The maximum Gasteiger partial charge on any atom is 0.325 e. The Morgan fingerprint density at radius 2 is 1.07 bits per heavy atom. The Kier molecular flexibility index (Phi) is 17.9. The summed E-state index contributed by atoms with van der Waals surface area (Å²) in [5.41, 5.74) is 7.52. The number of carboxylic acid groups (broad SMARTS) is 4. The summed E-state index contributed by atoms with van der Waals surface area (Å²) in [5.74, 6) is -5.40. The minimum absolute atomic E-state index is 0.0545. The molecular weight excluding hydrogens is 602 g/mol. The molecule has 0 unspecified atom stereocenters. The molecule has 252 valence electrons. The van der Waals surface area contributed by atoms with E-state index in [1.165, 1.54) is 13.8 Å². The molecule has 15 heteroatoms. The zero-order chi connectivity index (χ0) is 34.6. The second kappa shape index (κ2) is 21.0. The first kappa shape index (κ1) is 39.2. The molecule has 0 saturated carbocycles. The average Bonchev–Trinajstić information content (AvgIpc) is 2.99. The van der Waals surface area contributed by atoms with E-state index < -0.39 is 53.8 Å².